The summed E-state index contributed by atoms with van der Waals surface area (Å²) in [4.78, 5) is 26.4. The molecule has 0 atom stereocenters. The number of aromatic nitrogens is 2. The highest BCUT2D eigenvalue weighted by atomic mass is 35.5. The molecule has 4 nitrogen and oxygen atoms in total. The summed E-state index contributed by atoms with van der Waals surface area (Å²) in [7, 11) is 0. The molecule has 1 heterocycles. The van der Waals surface area contributed by atoms with Gasteiger partial charge in [0.05, 0.1) is 5.56 Å². The maximum absolute atomic E-state index is 12.1. The summed E-state index contributed by atoms with van der Waals surface area (Å²) in [6.07, 6.45) is 1.20. The molecule has 0 bridgehead atoms. The highest BCUT2D eigenvalue weighted by Crippen LogP contribution is 2.16. The van der Waals surface area contributed by atoms with E-state index in [4.69, 9.17) is 11.6 Å². The van der Waals surface area contributed by atoms with Crippen LogP contribution in [-0.2, 0) is 12.0 Å². The Hall–Kier alpha value is -1.03. The van der Waals surface area contributed by atoms with Crippen LogP contribution in [0.1, 0.15) is 39.7 Å². The van der Waals surface area contributed by atoms with Gasteiger partial charge in [0.1, 0.15) is 5.15 Å². The molecule has 0 aliphatic rings. The van der Waals surface area contributed by atoms with Crippen molar-refractivity contribution in [1.82, 2.24) is 9.55 Å². The molecular formula is C11H17ClN2O2. The zero-order valence-corrected chi connectivity index (χ0v) is 10.8. The molecule has 0 saturated carbocycles. The molecule has 0 radical (unpaired) electrons. The second kappa shape index (κ2) is 4.45. The number of aromatic amines is 1. The predicted octanol–water partition coefficient (Wildman–Crippen LogP) is 1.90. The minimum atomic E-state index is -0.501. The first kappa shape index (κ1) is 13.0. The third-order valence-corrected chi connectivity index (χ3v) is 3.29. The van der Waals surface area contributed by atoms with Crippen LogP contribution >= 0.6 is 11.6 Å². The fraction of sp³-hybridized carbons (Fsp3) is 0.636. The average molecular weight is 245 g/mol. The molecule has 0 aliphatic carbocycles. The van der Waals surface area contributed by atoms with E-state index in [1.165, 1.54) is 4.57 Å². The summed E-state index contributed by atoms with van der Waals surface area (Å²) < 4.78 is 1.25. The summed E-state index contributed by atoms with van der Waals surface area (Å²) in [5.41, 5.74) is -0.774. The van der Waals surface area contributed by atoms with Gasteiger partial charge in [-0.05, 0) is 26.7 Å². The minimum Gasteiger partial charge on any atom is -0.297 e. The van der Waals surface area contributed by atoms with Crippen LogP contribution in [0.15, 0.2) is 9.59 Å². The number of halogens is 1. The summed E-state index contributed by atoms with van der Waals surface area (Å²) >= 11 is 5.83. The van der Waals surface area contributed by atoms with E-state index in [1.807, 2.05) is 27.7 Å². The van der Waals surface area contributed by atoms with Crippen LogP contribution in [0.4, 0.5) is 0 Å². The van der Waals surface area contributed by atoms with E-state index in [0.717, 1.165) is 0 Å². The molecule has 0 amide bonds. The zero-order chi connectivity index (χ0) is 12.5. The molecule has 0 fully saturated rings. The van der Waals surface area contributed by atoms with Crippen LogP contribution in [0.5, 0.6) is 0 Å². The first-order valence-corrected chi connectivity index (χ1v) is 5.77. The van der Waals surface area contributed by atoms with E-state index in [-0.39, 0.29) is 10.7 Å². The van der Waals surface area contributed by atoms with Crippen molar-refractivity contribution in [3.63, 3.8) is 0 Å². The van der Waals surface area contributed by atoms with Crippen molar-refractivity contribution in [3.05, 3.63) is 31.6 Å². The standard InChI is InChI=1S/C11H17ClN2O2/c1-5-7-8(12)13-10(16)14(9(7)15)11(3,4)6-2/h5-6H2,1-4H3,(H,13,16). The van der Waals surface area contributed by atoms with Crippen molar-refractivity contribution in [1.29, 1.82) is 0 Å². The number of hydrogen-bond donors (Lipinski definition) is 1. The van der Waals surface area contributed by atoms with Gasteiger partial charge < -0.3 is 0 Å². The zero-order valence-electron chi connectivity index (χ0n) is 10.1. The number of hydrogen-bond acceptors (Lipinski definition) is 2. The van der Waals surface area contributed by atoms with E-state index in [1.54, 1.807) is 0 Å². The predicted molar refractivity (Wildman–Crippen MR) is 65.3 cm³/mol. The van der Waals surface area contributed by atoms with E-state index < -0.39 is 11.2 Å². The maximum Gasteiger partial charge on any atom is 0.329 e. The molecule has 1 aromatic rings. The molecule has 1 N–H and O–H groups in total. The summed E-state index contributed by atoms with van der Waals surface area (Å²) in [6, 6.07) is 0. The number of nitrogens with zero attached hydrogens (tertiary/aromatic N) is 1. The Labute approximate surface area is 99.3 Å². The van der Waals surface area contributed by atoms with Gasteiger partial charge in [-0.3, -0.25) is 14.3 Å². The first-order valence-electron chi connectivity index (χ1n) is 5.39. The van der Waals surface area contributed by atoms with Gasteiger partial charge in [-0.2, -0.15) is 0 Å². The number of H-pyrrole nitrogens is 1. The first-order chi connectivity index (χ1) is 7.35. The summed E-state index contributed by atoms with van der Waals surface area (Å²) in [6.45, 7) is 7.49. The summed E-state index contributed by atoms with van der Waals surface area (Å²) in [5.74, 6) is 0. The third kappa shape index (κ3) is 2.07. The van der Waals surface area contributed by atoms with Crippen molar-refractivity contribution < 1.29 is 0 Å². The molecule has 0 saturated heterocycles. The maximum atomic E-state index is 12.1. The molecule has 5 heteroatoms. The smallest absolute Gasteiger partial charge is 0.297 e. The Kier molecular flexibility index (Phi) is 3.63. The Balaban J connectivity index is 3.66. The molecular weight excluding hydrogens is 228 g/mol. The van der Waals surface area contributed by atoms with Crippen LogP contribution in [0.3, 0.4) is 0 Å². The lowest BCUT2D eigenvalue weighted by molar-refractivity contribution is 0.316. The molecule has 0 spiro atoms. The van der Waals surface area contributed by atoms with Gasteiger partial charge >= 0.3 is 5.69 Å². The number of rotatable bonds is 3. The molecule has 1 aromatic heterocycles. The summed E-state index contributed by atoms with van der Waals surface area (Å²) in [5, 5.41) is 0.153. The third-order valence-electron chi connectivity index (χ3n) is 2.97. The Morgan fingerprint density at radius 1 is 1.31 bits per heavy atom. The Morgan fingerprint density at radius 2 is 1.88 bits per heavy atom. The van der Waals surface area contributed by atoms with Gasteiger partial charge in [-0.25, -0.2) is 4.79 Å². The van der Waals surface area contributed by atoms with Gasteiger partial charge in [0.2, 0.25) is 0 Å². The second-order valence-electron chi connectivity index (χ2n) is 4.38. The van der Waals surface area contributed by atoms with Crippen molar-refractivity contribution >= 4 is 11.6 Å². The highest BCUT2D eigenvalue weighted by Gasteiger charge is 2.24. The van der Waals surface area contributed by atoms with Crippen LogP contribution in [0, 0.1) is 0 Å². The molecule has 0 unspecified atom stereocenters. The van der Waals surface area contributed by atoms with Crippen molar-refractivity contribution in [3.8, 4) is 0 Å². The highest BCUT2D eigenvalue weighted by molar-refractivity contribution is 6.30. The number of nitrogens with one attached hydrogen (secondary N) is 1. The lowest BCUT2D eigenvalue weighted by Gasteiger charge is -2.25. The van der Waals surface area contributed by atoms with Gasteiger partial charge in [0, 0.05) is 5.54 Å². The fourth-order valence-electron chi connectivity index (χ4n) is 1.56. The van der Waals surface area contributed by atoms with E-state index in [2.05, 4.69) is 4.98 Å². The molecule has 16 heavy (non-hydrogen) atoms. The van der Waals surface area contributed by atoms with Crippen molar-refractivity contribution in [2.75, 3.05) is 0 Å². The minimum absolute atomic E-state index is 0.153. The van der Waals surface area contributed by atoms with Gasteiger partial charge in [-0.1, -0.05) is 25.4 Å². The second-order valence-corrected chi connectivity index (χ2v) is 4.76. The van der Waals surface area contributed by atoms with Crippen molar-refractivity contribution in [2.45, 2.75) is 46.1 Å². The van der Waals surface area contributed by atoms with E-state index in [0.29, 0.717) is 18.4 Å². The van der Waals surface area contributed by atoms with Crippen LogP contribution in [0.25, 0.3) is 0 Å². The van der Waals surface area contributed by atoms with Gasteiger partial charge in [-0.15, -0.1) is 0 Å². The van der Waals surface area contributed by atoms with Crippen LogP contribution < -0.4 is 11.2 Å². The lowest BCUT2D eigenvalue weighted by Crippen LogP contribution is -2.47. The SMILES string of the molecule is CCc1c(Cl)[nH]c(=O)n(C(C)(C)CC)c1=O. The molecule has 0 aliphatic heterocycles. The molecule has 1 rings (SSSR count). The van der Waals surface area contributed by atoms with E-state index in [9.17, 15) is 9.59 Å². The topological polar surface area (TPSA) is 54.9 Å². The van der Waals surface area contributed by atoms with E-state index >= 15 is 0 Å². The lowest BCUT2D eigenvalue weighted by atomic mass is 10.0. The van der Waals surface area contributed by atoms with Gasteiger partial charge in [0.25, 0.3) is 5.56 Å². The molecule has 0 aromatic carbocycles. The van der Waals surface area contributed by atoms with Gasteiger partial charge in [0.15, 0.2) is 0 Å². The Morgan fingerprint density at radius 3 is 2.31 bits per heavy atom. The van der Waals surface area contributed by atoms with Crippen molar-refractivity contribution in [2.24, 2.45) is 0 Å². The Bertz CT molecular complexity index is 500. The largest absolute Gasteiger partial charge is 0.329 e. The average Bonchev–Trinajstić information content (AvgIpc) is 2.17. The quantitative estimate of drug-likeness (QED) is 0.826. The van der Waals surface area contributed by atoms with Crippen LogP contribution in [0.2, 0.25) is 5.15 Å². The normalized spacial score (nSPS) is 11.8. The van der Waals surface area contributed by atoms with Crippen LogP contribution in [-0.4, -0.2) is 9.55 Å². The monoisotopic (exact) mass is 244 g/mol. The molecule has 90 valence electrons. The fourth-order valence-corrected chi connectivity index (χ4v) is 1.86.